The van der Waals surface area contributed by atoms with Gasteiger partial charge in [0.1, 0.15) is 29.2 Å². The molecule has 5 atom stereocenters. The molecule has 280 valence electrons. The zero-order valence-corrected chi connectivity index (χ0v) is 31.3. The summed E-state index contributed by atoms with van der Waals surface area (Å²) in [5.74, 6) is -4.51. The van der Waals surface area contributed by atoms with Crippen molar-refractivity contribution < 1.29 is 41.9 Å². The van der Waals surface area contributed by atoms with Crippen LogP contribution in [0.15, 0.2) is 18.2 Å². The molecule has 1 aromatic rings. The summed E-state index contributed by atoms with van der Waals surface area (Å²) < 4.78 is 39.2. The summed E-state index contributed by atoms with van der Waals surface area (Å²) in [6.45, 7) is 7.42. The summed E-state index contributed by atoms with van der Waals surface area (Å²) in [6.07, 6.45) is 4.05. The van der Waals surface area contributed by atoms with Crippen LogP contribution < -0.4 is 10.0 Å². The average Bonchev–Trinajstić information content (AvgIpc) is 3.95. The summed E-state index contributed by atoms with van der Waals surface area (Å²) in [5, 5.41) is 2.73. The number of amides is 4. The zero-order chi connectivity index (χ0) is 36.9. The van der Waals surface area contributed by atoms with Crippen molar-refractivity contribution in [1.82, 2.24) is 19.8 Å². The predicted molar refractivity (Wildman–Crippen MR) is 186 cm³/mol. The van der Waals surface area contributed by atoms with Crippen LogP contribution in [0.2, 0.25) is 5.02 Å². The lowest BCUT2D eigenvalue weighted by Gasteiger charge is -2.34. The molecule has 4 fully saturated rings. The number of rotatable bonds is 10. The molecule has 15 heteroatoms. The highest BCUT2D eigenvalue weighted by Crippen LogP contribution is 2.47. The molecule has 5 aliphatic rings. The van der Waals surface area contributed by atoms with Gasteiger partial charge in [-0.1, -0.05) is 56.3 Å². The Kier molecular flexibility index (Phi) is 10.4. The van der Waals surface area contributed by atoms with E-state index in [1.54, 1.807) is 26.8 Å². The smallest absolute Gasteiger partial charge is 0.410 e. The van der Waals surface area contributed by atoms with Gasteiger partial charge >= 0.3 is 12.1 Å². The highest BCUT2D eigenvalue weighted by molar-refractivity contribution is 7.91. The molecule has 0 bridgehead atoms. The topological polar surface area (TPSA) is 168 Å². The van der Waals surface area contributed by atoms with Gasteiger partial charge in [-0.15, -0.1) is 0 Å². The van der Waals surface area contributed by atoms with Crippen molar-refractivity contribution in [2.45, 2.75) is 134 Å². The Bertz CT molecular complexity index is 1690. The maximum atomic E-state index is 14.6. The monoisotopic (exact) mass is 748 g/mol. The Balaban J connectivity index is 1.25. The molecule has 2 heterocycles. The minimum Gasteiger partial charge on any atom is -0.459 e. The van der Waals surface area contributed by atoms with Crippen molar-refractivity contribution in [3.63, 3.8) is 0 Å². The van der Waals surface area contributed by atoms with E-state index < -0.39 is 74.3 Å². The SMILES string of the molecule is CC[C@H]1C[C@]1(NC(=O)[C@@H]1C[C@@H](OC(=O)N2Cc3cccc(Cl)c3C2)CN1C(=O)[C@@H](C(=O)OC(C)(C)C)C1CCCCC1)C(=O)NS(=O)(=O)C1CC1. The molecule has 6 rings (SSSR count). The number of halogens is 1. The Labute approximate surface area is 304 Å². The second kappa shape index (κ2) is 14.2. The predicted octanol–water partition coefficient (Wildman–Crippen LogP) is 4.19. The molecule has 2 N–H and O–H groups in total. The first kappa shape index (κ1) is 37.4. The minimum absolute atomic E-state index is 0.0779. The maximum Gasteiger partial charge on any atom is 0.410 e. The molecule has 51 heavy (non-hydrogen) atoms. The number of esters is 1. The van der Waals surface area contributed by atoms with Crippen LogP contribution in [0.1, 0.15) is 103 Å². The molecule has 0 unspecified atom stereocenters. The van der Waals surface area contributed by atoms with E-state index in [0.717, 1.165) is 30.4 Å². The molecule has 1 aromatic carbocycles. The number of carbonyl (C=O) groups excluding carboxylic acids is 5. The molecule has 1 saturated heterocycles. The largest absolute Gasteiger partial charge is 0.459 e. The lowest BCUT2D eigenvalue weighted by molar-refractivity contribution is -0.169. The number of carbonyl (C=O) groups is 5. The lowest BCUT2D eigenvalue weighted by Crippen LogP contribution is -2.57. The summed E-state index contributed by atoms with van der Waals surface area (Å²) in [4.78, 5) is 72.3. The van der Waals surface area contributed by atoms with Gasteiger partial charge in [0.05, 0.1) is 18.3 Å². The molecular formula is C36H49ClN4O9S. The van der Waals surface area contributed by atoms with E-state index in [1.807, 2.05) is 19.1 Å². The number of fused-ring (bicyclic) bond motifs is 1. The highest BCUT2D eigenvalue weighted by Gasteiger charge is 2.62. The van der Waals surface area contributed by atoms with Crippen LogP contribution in [-0.4, -0.2) is 83.1 Å². The number of nitrogens with zero attached hydrogens (tertiary/aromatic N) is 2. The van der Waals surface area contributed by atoms with Crippen molar-refractivity contribution in [2.24, 2.45) is 17.8 Å². The molecule has 3 aliphatic carbocycles. The summed E-state index contributed by atoms with van der Waals surface area (Å²) in [5.41, 5.74) is -0.602. The molecule has 3 saturated carbocycles. The third-order valence-corrected chi connectivity index (χ3v) is 13.1. The third-order valence-electron chi connectivity index (χ3n) is 10.9. The summed E-state index contributed by atoms with van der Waals surface area (Å²) in [6, 6.07) is 4.25. The number of ether oxygens (including phenoxy) is 2. The van der Waals surface area contributed by atoms with Gasteiger partial charge < -0.3 is 19.7 Å². The van der Waals surface area contributed by atoms with Crippen LogP contribution >= 0.6 is 11.6 Å². The van der Waals surface area contributed by atoms with Gasteiger partial charge in [0, 0.05) is 18.0 Å². The molecule has 2 aliphatic heterocycles. The summed E-state index contributed by atoms with van der Waals surface area (Å²) >= 11 is 6.36. The van der Waals surface area contributed by atoms with Crippen molar-refractivity contribution in [1.29, 1.82) is 0 Å². The lowest BCUT2D eigenvalue weighted by atomic mass is 9.79. The number of benzene rings is 1. The van der Waals surface area contributed by atoms with Gasteiger partial charge in [0.2, 0.25) is 21.8 Å². The molecule has 0 radical (unpaired) electrons. The highest BCUT2D eigenvalue weighted by atomic mass is 35.5. The van der Waals surface area contributed by atoms with Crippen LogP contribution in [0, 0.1) is 17.8 Å². The molecule has 4 amide bonds. The van der Waals surface area contributed by atoms with Crippen molar-refractivity contribution in [3.8, 4) is 0 Å². The fourth-order valence-electron chi connectivity index (χ4n) is 7.90. The van der Waals surface area contributed by atoms with Gasteiger partial charge in [-0.05, 0) is 81.9 Å². The first-order valence-electron chi connectivity index (χ1n) is 18.2. The van der Waals surface area contributed by atoms with Crippen molar-refractivity contribution in [2.75, 3.05) is 6.54 Å². The van der Waals surface area contributed by atoms with Gasteiger partial charge in [-0.3, -0.25) is 28.8 Å². The van der Waals surface area contributed by atoms with Gasteiger partial charge in [0.25, 0.3) is 5.91 Å². The fourth-order valence-corrected chi connectivity index (χ4v) is 9.52. The van der Waals surface area contributed by atoms with Crippen molar-refractivity contribution >= 4 is 51.4 Å². The van der Waals surface area contributed by atoms with Crippen molar-refractivity contribution in [3.05, 3.63) is 34.3 Å². The number of nitrogens with one attached hydrogen (secondary N) is 2. The molecule has 13 nitrogen and oxygen atoms in total. The van der Waals surface area contributed by atoms with Crippen LogP contribution in [0.25, 0.3) is 0 Å². The van der Waals surface area contributed by atoms with Gasteiger partial charge in [0.15, 0.2) is 0 Å². The summed E-state index contributed by atoms with van der Waals surface area (Å²) in [7, 11) is -3.88. The Hall–Kier alpha value is -3.39. The molecular weight excluding hydrogens is 700 g/mol. The first-order chi connectivity index (χ1) is 24.0. The minimum atomic E-state index is -3.88. The van der Waals surface area contributed by atoms with Gasteiger partial charge in [-0.25, -0.2) is 13.2 Å². The third kappa shape index (κ3) is 8.01. The first-order valence-corrected chi connectivity index (χ1v) is 20.1. The van der Waals surface area contributed by atoms with E-state index >= 15 is 0 Å². The van der Waals surface area contributed by atoms with E-state index in [-0.39, 0.29) is 44.3 Å². The second-order valence-electron chi connectivity index (χ2n) is 15.8. The Morgan fingerprint density at radius 1 is 1.04 bits per heavy atom. The number of hydrogen-bond acceptors (Lipinski definition) is 9. The number of likely N-dealkylation sites (tertiary alicyclic amines) is 1. The normalized spacial score (nSPS) is 27.0. The van der Waals surface area contributed by atoms with E-state index in [1.165, 1.54) is 9.80 Å². The zero-order valence-electron chi connectivity index (χ0n) is 29.7. The number of sulfonamides is 1. The number of hydrogen-bond donors (Lipinski definition) is 2. The van der Waals surface area contributed by atoms with Crippen LogP contribution in [-0.2, 0) is 51.8 Å². The molecule has 0 spiro atoms. The quantitative estimate of drug-likeness (QED) is 0.263. The molecule has 0 aromatic heterocycles. The van der Waals surface area contributed by atoms with Gasteiger partial charge in [-0.2, -0.15) is 0 Å². The second-order valence-corrected chi connectivity index (χ2v) is 18.2. The van der Waals surface area contributed by atoms with E-state index in [0.29, 0.717) is 37.1 Å². The Morgan fingerprint density at radius 3 is 2.35 bits per heavy atom. The van der Waals surface area contributed by atoms with Crippen LogP contribution in [0.4, 0.5) is 4.79 Å². The Morgan fingerprint density at radius 2 is 1.75 bits per heavy atom. The standard InChI is InChI=1S/C36H49ClN4O9S/c1-5-23-17-36(23,33(45)39-51(47,48)25-14-15-25)38-30(42)28-16-24(49-34(46)40-18-22-12-9-13-27(37)26(22)20-40)19-41(28)31(43)29(21-10-7-6-8-11-21)32(44)50-35(2,3)4/h9,12-13,21,23-25,28-29H,5-8,10-11,14-20H2,1-4H3,(H,38,42)(H,39,45)/t23-,24+,28-,29-,36+/m0/s1. The van der Waals surface area contributed by atoms with Crippen LogP contribution in [0.5, 0.6) is 0 Å². The maximum absolute atomic E-state index is 14.6. The average molecular weight is 749 g/mol. The van der Waals surface area contributed by atoms with E-state index in [2.05, 4.69) is 10.0 Å². The fraction of sp³-hybridized carbons (Fsp3) is 0.694. The van der Waals surface area contributed by atoms with E-state index in [9.17, 15) is 32.4 Å². The van der Waals surface area contributed by atoms with Crippen LogP contribution in [0.3, 0.4) is 0 Å². The van der Waals surface area contributed by atoms with E-state index in [4.69, 9.17) is 21.1 Å².